The maximum Gasteiger partial charge on any atom is 0.338 e. The molecule has 1 N–H and O–H groups in total. The summed E-state index contributed by atoms with van der Waals surface area (Å²) in [7, 11) is 1.32. The molecule has 1 heterocycles. The second-order valence-corrected chi connectivity index (χ2v) is 10.5. The Morgan fingerprint density at radius 1 is 1.00 bits per heavy atom. The molecular weight excluding hydrogens is 500 g/mol. The van der Waals surface area contributed by atoms with Gasteiger partial charge >= 0.3 is 11.9 Å². The topological polar surface area (TPSA) is 92.2 Å². The van der Waals surface area contributed by atoms with E-state index in [1.807, 2.05) is 45.2 Å². The molecule has 4 rings (SSSR count). The zero-order valence-electron chi connectivity index (χ0n) is 22.0. The van der Waals surface area contributed by atoms with E-state index < -0.39 is 17.5 Å². The van der Waals surface area contributed by atoms with Crippen LogP contribution in [0.5, 0.6) is 0 Å². The number of nitrogens with one attached hydrogen (secondary N) is 1. The smallest absolute Gasteiger partial charge is 0.338 e. The highest BCUT2D eigenvalue weighted by Gasteiger charge is 2.26. The number of aromatic nitrogens is 1. The summed E-state index contributed by atoms with van der Waals surface area (Å²) in [5, 5.41) is 10.7. The van der Waals surface area contributed by atoms with Crippen molar-refractivity contribution in [2.24, 2.45) is 0 Å². The van der Waals surface area contributed by atoms with Gasteiger partial charge in [0.1, 0.15) is 5.60 Å². The largest absolute Gasteiger partial charge is 0.465 e. The molecule has 0 saturated carbocycles. The standard InChI is InChI=1S/C31H29ClN2O4/c1-6-21(27-17-34-28-13-18(16-33)7-10-24(27)28)22-11-8-19(29(35)38-31(2,3)4)14-25(22)23-12-9-20(32)15-26(23)30(36)37-5/h7-15,17,21,34H,6H2,1-5H3. The van der Waals surface area contributed by atoms with Gasteiger partial charge in [0.2, 0.25) is 0 Å². The molecule has 1 unspecified atom stereocenters. The zero-order chi connectivity index (χ0) is 27.6. The number of nitrogens with zero attached hydrogens (tertiary/aromatic N) is 1. The molecule has 0 fully saturated rings. The number of carbonyl (C=O) groups is 2. The highest BCUT2D eigenvalue weighted by atomic mass is 35.5. The summed E-state index contributed by atoms with van der Waals surface area (Å²) in [4.78, 5) is 29.1. The van der Waals surface area contributed by atoms with Crippen molar-refractivity contribution in [3.63, 3.8) is 0 Å². The number of carbonyl (C=O) groups excluding carboxylic acids is 2. The van der Waals surface area contributed by atoms with Gasteiger partial charge in [-0.3, -0.25) is 0 Å². The highest BCUT2D eigenvalue weighted by molar-refractivity contribution is 6.31. The van der Waals surface area contributed by atoms with Crippen molar-refractivity contribution in [2.45, 2.75) is 45.6 Å². The molecular formula is C31H29ClN2O4. The molecule has 38 heavy (non-hydrogen) atoms. The van der Waals surface area contributed by atoms with Crippen LogP contribution in [-0.4, -0.2) is 29.6 Å². The molecule has 0 radical (unpaired) electrons. The quantitative estimate of drug-likeness (QED) is 0.259. The van der Waals surface area contributed by atoms with Gasteiger partial charge in [-0.2, -0.15) is 5.26 Å². The highest BCUT2D eigenvalue weighted by Crippen LogP contribution is 2.40. The van der Waals surface area contributed by atoms with Crippen molar-refractivity contribution in [3.05, 3.63) is 93.6 Å². The Labute approximate surface area is 227 Å². The van der Waals surface area contributed by atoms with Crippen LogP contribution in [0.1, 0.15) is 77.4 Å². The van der Waals surface area contributed by atoms with Crippen molar-refractivity contribution in [2.75, 3.05) is 7.11 Å². The summed E-state index contributed by atoms with van der Waals surface area (Å²) in [5.41, 5.74) is 4.74. The van der Waals surface area contributed by atoms with Crippen LogP contribution < -0.4 is 0 Å². The van der Waals surface area contributed by atoms with E-state index >= 15 is 0 Å². The van der Waals surface area contributed by atoms with Crippen LogP contribution in [0.25, 0.3) is 22.0 Å². The normalized spacial score (nSPS) is 12.1. The van der Waals surface area contributed by atoms with Crippen molar-refractivity contribution < 1.29 is 19.1 Å². The van der Waals surface area contributed by atoms with E-state index in [0.717, 1.165) is 28.5 Å². The van der Waals surface area contributed by atoms with Crippen LogP contribution in [0.15, 0.2) is 60.8 Å². The zero-order valence-corrected chi connectivity index (χ0v) is 22.8. The molecule has 6 nitrogen and oxygen atoms in total. The van der Waals surface area contributed by atoms with Crippen LogP contribution >= 0.6 is 11.6 Å². The number of halogens is 1. The maximum absolute atomic E-state index is 13.0. The number of rotatable bonds is 6. The number of hydrogen-bond acceptors (Lipinski definition) is 5. The van der Waals surface area contributed by atoms with Crippen molar-refractivity contribution in [3.8, 4) is 17.2 Å². The fourth-order valence-electron chi connectivity index (χ4n) is 4.70. The van der Waals surface area contributed by atoms with Crippen molar-refractivity contribution >= 4 is 34.4 Å². The Balaban J connectivity index is 1.96. The minimum atomic E-state index is -0.661. The lowest BCUT2D eigenvalue weighted by atomic mass is 9.82. The number of H-pyrrole nitrogens is 1. The van der Waals surface area contributed by atoms with Gasteiger partial charge in [0.05, 0.1) is 29.9 Å². The van der Waals surface area contributed by atoms with Crippen LogP contribution in [0.4, 0.5) is 0 Å². The minimum Gasteiger partial charge on any atom is -0.465 e. The molecule has 0 bridgehead atoms. The average molecular weight is 529 g/mol. The van der Waals surface area contributed by atoms with Gasteiger partial charge in [0, 0.05) is 28.0 Å². The Kier molecular flexibility index (Phi) is 7.61. The lowest BCUT2D eigenvalue weighted by molar-refractivity contribution is 0.00693. The third-order valence-corrected chi connectivity index (χ3v) is 6.60. The SMILES string of the molecule is CCC(c1ccc(C(=O)OC(C)(C)C)cc1-c1ccc(Cl)cc1C(=O)OC)c1c[nH]c2cc(C#N)ccc12. The van der Waals surface area contributed by atoms with Gasteiger partial charge in [-0.25, -0.2) is 9.59 Å². The first-order valence-electron chi connectivity index (χ1n) is 12.3. The fourth-order valence-corrected chi connectivity index (χ4v) is 4.87. The van der Waals surface area contributed by atoms with Gasteiger partial charge in [0.15, 0.2) is 0 Å². The lowest BCUT2D eigenvalue weighted by Crippen LogP contribution is -2.24. The average Bonchev–Trinajstić information content (AvgIpc) is 3.30. The van der Waals surface area contributed by atoms with Crippen LogP contribution in [0.3, 0.4) is 0 Å². The number of ether oxygens (including phenoxy) is 2. The number of aromatic amines is 1. The minimum absolute atomic E-state index is 0.0828. The molecule has 1 atom stereocenters. The molecule has 1 aromatic heterocycles. The molecule has 0 spiro atoms. The predicted octanol–water partition coefficient (Wildman–Crippen LogP) is 7.64. The molecule has 3 aromatic carbocycles. The van der Waals surface area contributed by atoms with Crippen molar-refractivity contribution in [1.82, 2.24) is 4.98 Å². The summed E-state index contributed by atoms with van der Waals surface area (Å²) >= 11 is 6.25. The number of methoxy groups -OCH3 is 1. The van der Waals surface area contributed by atoms with E-state index in [-0.39, 0.29) is 5.92 Å². The van der Waals surface area contributed by atoms with E-state index in [9.17, 15) is 14.9 Å². The number of nitriles is 1. The number of hydrogen-bond donors (Lipinski definition) is 1. The number of esters is 2. The van der Waals surface area contributed by atoms with E-state index in [1.54, 1.807) is 36.4 Å². The van der Waals surface area contributed by atoms with E-state index in [0.29, 0.717) is 32.8 Å². The van der Waals surface area contributed by atoms with Gasteiger partial charge < -0.3 is 14.5 Å². The first-order valence-corrected chi connectivity index (χ1v) is 12.7. The van der Waals surface area contributed by atoms with E-state index in [1.165, 1.54) is 7.11 Å². The third kappa shape index (κ3) is 5.44. The lowest BCUT2D eigenvalue weighted by Gasteiger charge is -2.23. The molecule has 4 aromatic rings. The maximum atomic E-state index is 13.0. The fraction of sp³-hybridized carbons (Fsp3) is 0.258. The Hall–Kier alpha value is -4.08. The van der Waals surface area contributed by atoms with Crippen LogP contribution in [0.2, 0.25) is 5.02 Å². The van der Waals surface area contributed by atoms with Gasteiger partial charge in [-0.05, 0) is 85.8 Å². The summed E-state index contributed by atoms with van der Waals surface area (Å²) in [5.74, 6) is -1.07. The molecule has 194 valence electrons. The first-order chi connectivity index (χ1) is 18.1. The van der Waals surface area contributed by atoms with Gasteiger partial charge in [0.25, 0.3) is 0 Å². The summed E-state index contributed by atoms with van der Waals surface area (Å²) in [6.07, 6.45) is 2.70. The molecule has 0 aliphatic rings. The van der Waals surface area contributed by atoms with E-state index in [2.05, 4.69) is 18.0 Å². The van der Waals surface area contributed by atoms with Gasteiger partial charge in [-0.1, -0.05) is 36.7 Å². The Morgan fingerprint density at radius 3 is 2.42 bits per heavy atom. The van der Waals surface area contributed by atoms with Crippen LogP contribution in [-0.2, 0) is 9.47 Å². The van der Waals surface area contributed by atoms with E-state index in [4.69, 9.17) is 21.1 Å². The van der Waals surface area contributed by atoms with Crippen LogP contribution in [0, 0.1) is 11.3 Å². The number of fused-ring (bicyclic) bond motifs is 1. The predicted molar refractivity (Wildman–Crippen MR) is 149 cm³/mol. The molecule has 0 aliphatic carbocycles. The first kappa shape index (κ1) is 27.0. The monoisotopic (exact) mass is 528 g/mol. The molecule has 0 amide bonds. The number of benzene rings is 3. The van der Waals surface area contributed by atoms with Crippen molar-refractivity contribution in [1.29, 1.82) is 5.26 Å². The Bertz CT molecular complexity index is 1570. The summed E-state index contributed by atoms with van der Waals surface area (Å²) in [6.45, 7) is 7.53. The second kappa shape index (κ2) is 10.7. The second-order valence-electron chi connectivity index (χ2n) is 10.1. The Morgan fingerprint density at radius 2 is 1.76 bits per heavy atom. The molecule has 0 aliphatic heterocycles. The summed E-state index contributed by atoms with van der Waals surface area (Å²) in [6, 6.07) is 18.2. The van der Waals surface area contributed by atoms with Gasteiger partial charge in [-0.15, -0.1) is 0 Å². The molecule has 0 saturated heterocycles. The summed E-state index contributed by atoms with van der Waals surface area (Å²) < 4.78 is 10.7. The third-order valence-electron chi connectivity index (χ3n) is 6.37. The molecule has 7 heteroatoms.